The fourth-order valence-electron chi connectivity index (χ4n) is 1.98. The Bertz CT molecular complexity index is 382. The molecule has 1 fully saturated rings. The van der Waals surface area contributed by atoms with Gasteiger partial charge in [-0.15, -0.1) is 0 Å². The summed E-state index contributed by atoms with van der Waals surface area (Å²) < 4.78 is 5.68. The molecule has 0 aliphatic carbocycles. The molecule has 0 spiro atoms. The van der Waals surface area contributed by atoms with Crippen LogP contribution in [0, 0.1) is 0 Å². The molecule has 0 radical (unpaired) electrons. The Kier molecular flexibility index (Phi) is 4.02. The average Bonchev–Trinajstić information content (AvgIpc) is 2.33. The maximum atomic E-state index is 6.05. The Morgan fingerprint density at radius 3 is 3.12 bits per heavy atom. The number of aromatic nitrogens is 2. The van der Waals surface area contributed by atoms with Gasteiger partial charge in [0, 0.05) is 20.2 Å². The van der Waals surface area contributed by atoms with Crippen molar-refractivity contribution in [2.75, 3.05) is 30.8 Å². The van der Waals surface area contributed by atoms with Crippen LogP contribution < -0.4 is 10.6 Å². The quantitative estimate of drug-likeness (QED) is 0.892. The summed E-state index contributed by atoms with van der Waals surface area (Å²) in [7, 11) is 1.94. The maximum Gasteiger partial charge on any atom is 0.222 e. The number of nitrogens with two attached hydrogens (primary N) is 1. The van der Waals surface area contributed by atoms with Crippen molar-refractivity contribution in [1.29, 1.82) is 0 Å². The van der Waals surface area contributed by atoms with E-state index in [-0.39, 0.29) is 12.1 Å². The van der Waals surface area contributed by atoms with Crippen LogP contribution in [0.25, 0.3) is 0 Å². The second kappa shape index (κ2) is 5.51. The first kappa shape index (κ1) is 12.4. The number of hydrogen-bond donors (Lipinski definition) is 1. The number of hydrogen-bond acceptors (Lipinski definition) is 5. The van der Waals surface area contributed by atoms with Crippen molar-refractivity contribution >= 4 is 23.4 Å². The minimum Gasteiger partial charge on any atom is -0.376 e. The molecule has 94 valence electrons. The number of rotatable bonds is 3. The van der Waals surface area contributed by atoms with Crippen LogP contribution >= 0.6 is 11.6 Å². The number of halogens is 1. The summed E-state index contributed by atoms with van der Waals surface area (Å²) in [5.74, 6) is 0.897. The zero-order valence-corrected chi connectivity index (χ0v) is 10.7. The van der Waals surface area contributed by atoms with Gasteiger partial charge in [0.15, 0.2) is 5.82 Å². The standard InChI is InChI=1S/C11H17ClN4O/c1-16(7-8-4-2-3-5-17-8)10-9(12)6-14-11(13)15-10/h6,8H,2-5,7H2,1H3,(H2,13,14,15). The third kappa shape index (κ3) is 3.20. The first-order valence-corrected chi connectivity index (χ1v) is 6.15. The molecule has 6 heteroatoms. The van der Waals surface area contributed by atoms with E-state index in [1.54, 1.807) is 0 Å². The lowest BCUT2D eigenvalue weighted by molar-refractivity contribution is 0.0215. The summed E-state index contributed by atoms with van der Waals surface area (Å²) in [6, 6.07) is 0. The van der Waals surface area contributed by atoms with E-state index in [0.717, 1.165) is 26.0 Å². The Morgan fingerprint density at radius 1 is 1.59 bits per heavy atom. The van der Waals surface area contributed by atoms with Crippen LogP contribution in [0.5, 0.6) is 0 Å². The van der Waals surface area contributed by atoms with Gasteiger partial charge in [-0.25, -0.2) is 4.98 Å². The average molecular weight is 257 g/mol. The smallest absolute Gasteiger partial charge is 0.222 e. The van der Waals surface area contributed by atoms with Crippen LogP contribution in [-0.2, 0) is 4.74 Å². The Labute approximate surface area is 106 Å². The van der Waals surface area contributed by atoms with Gasteiger partial charge in [0.1, 0.15) is 5.02 Å². The minimum atomic E-state index is 0.237. The van der Waals surface area contributed by atoms with Crippen LogP contribution in [0.4, 0.5) is 11.8 Å². The van der Waals surface area contributed by atoms with E-state index in [4.69, 9.17) is 22.1 Å². The molecule has 1 aliphatic rings. The lowest BCUT2D eigenvalue weighted by Gasteiger charge is -2.28. The fourth-order valence-corrected chi connectivity index (χ4v) is 2.22. The second-order valence-electron chi connectivity index (χ2n) is 4.27. The lowest BCUT2D eigenvalue weighted by Crippen LogP contribution is -2.34. The van der Waals surface area contributed by atoms with Gasteiger partial charge in [0.2, 0.25) is 5.95 Å². The normalized spacial score (nSPS) is 20.2. The van der Waals surface area contributed by atoms with Crippen molar-refractivity contribution in [1.82, 2.24) is 9.97 Å². The van der Waals surface area contributed by atoms with Crippen LogP contribution in [0.1, 0.15) is 19.3 Å². The van der Waals surface area contributed by atoms with E-state index in [1.165, 1.54) is 12.6 Å². The van der Waals surface area contributed by atoms with Crippen molar-refractivity contribution < 1.29 is 4.74 Å². The topological polar surface area (TPSA) is 64.3 Å². The molecular formula is C11H17ClN4O. The number of nitrogens with zero attached hydrogens (tertiary/aromatic N) is 3. The van der Waals surface area contributed by atoms with Gasteiger partial charge in [-0.05, 0) is 19.3 Å². The molecule has 2 heterocycles. The maximum absolute atomic E-state index is 6.05. The molecule has 1 saturated heterocycles. The van der Waals surface area contributed by atoms with Crippen molar-refractivity contribution in [3.8, 4) is 0 Å². The molecule has 1 aromatic rings. The third-order valence-electron chi connectivity index (χ3n) is 2.86. The summed E-state index contributed by atoms with van der Waals surface area (Å²) in [6.45, 7) is 1.62. The van der Waals surface area contributed by atoms with E-state index in [2.05, 4.69) is 9.97 Å². The van der Waals surface area contributed by atoms with Crippen molar-refractivity contribution in [3.63, 3.8) is 0 Å². The molecule has 1 aromatic heterocycles. The molecule has 0 saturated carbocycles. The van der Waals surface area contributed by atoms with Crippen LogP contribution in [-0.4, -0.2) is 36.3 Å². The van der Waals surface area contributed by atoms with Gasteiger partial charge < -0.3 is 15.4 Å². The van der Waals surface area contributed by atoms with Gasteiger partial charge in [-0.3, -0.25) is 0 Å². The Balaban J connectivity index is 2.02. The molecule has 2 N–H and O–H groups in total. The summed E-state index contributed by atoms with van der Waals surface area (Å²) in [4.78, 5) is 9.96. The largest absolute Gasteiger partial charge is 0.376 e. The summed E-state index contributed by atoms with van der Waals surface area (Å²) >= 11 is 6.05. The van der Waals surface area contributed by atoms with E-state index in [1.807, 2.05) is 11.9 Å². The van der Waals surface area contributed by atoms with E-state index in [9.17, 15) is 0 Å². The van der Waals surface area contributed by atoms with Gasteiger partial charge in [0.25, 0.3) is 0 Å². The van der Waals surface area contributed by atoms with Gasteiger partial charge in [-0.2, -0.15) is 4.98 Å². The fraction of sp³-hybridized carbons (Fsp3) is 0.636. The number of likely N-dealkylation sites (N-methyl/N-ethyl adjacent to an activating group) is 1. The first-order valence-electron chi connectivity index (χ1n) is 5.77. The van der Waals surface area contributed by atoms with Gasteiger partial charge >= 0.3 is 0 Å². The second-order valence-corrected chi connectivity index (χ2v) is 4.68. The summed E-state index contributed by atoms with van der Waals surface area (Å²) in [5.41, 5.74) is 5.56. The first-order chi connectivity index (χ1) is 8.16. The molecule has 5 nitrogen and oxygen atoms in total. The summed E-state index contributed by atoms with van der Waals surface area (Å²) in [5, 5.41) is 0.512. The predicted octanol–water partition coefficient (Wildman–Crippen LogP) is 1.72. The molecule has 1 aliphatic heterocycles. The van der Waals surface area contributed by atoms with Crippen LogP contribution in [0.15, 0.2) is 6.20 Å². The number of nitrogen functional groups attached to an aromatic ring is 1. The Morgan fingerprint density at radius 2 is 2.41 bits per heavy atom. The highest BCUT2D eigenvalue weighted by molar-refractivity contribution is 6.32. The molecule has 17 heavy (non-hydrogen) atoms. The van der Waals surface area contributed by atoms with Crippen molar-refractivity contribution in [2.45, 2.75) is 25.4 Å². The SMILES string of the molecule is CN(CC1CCCCO1)c1nc(N)ncc1Cl. The number of anilines is 2. The molecule has 0 aromatic carbocycles. The van der Waals surface area contributed by atoms with Crippen molar-refractivity contribution in [3.05, 3.63) is 11.2 Å². The number of ether oxygens (including phenoxy) is 1. The molecule has 1 unspecified atom stereocenters. The third-order valence-corrected chi connectivity index (χ3v) is 3.12. The van der Waals surface area contributed by atoms with Gasteiger partial charge in [0.05, 0.1) is 12.3 Å². The Hall–Kier alpha value is -1.07. The molecular weight excluding hydrogens is 240 g/mol. The highest BCUT2D eigenvalue weighted by atomic mass is 35.5. The highest BCUT2D eigenvalue weighted by Crippen LogP contribution is 2.23. The summed E-state index contributed by atoms with van der Waals surface area (Å²) in [6.07, 6.45) is 5.24. The zero-order chi connectivity index (χ0) is 12.3. The predicted molar refractivity (Wildman–Crippen MR) is 68.3 cm³/mol. The monoisotopic (exact) mass is 256 g/mol. The molecule has 1 atom stereocenters. The van der Waals surface area contributed by atoms with Crippen LogP contribution in [0.2, 0.25) is 5.02 Å². The zero-order valence-electron chi connectivity index (χ0n) is 9.90. The molecule has 2 rings (SSSR count). The molecule has 0 amide bonds. The molecule has 0 bridgehead atoms. The van der Waals surface area contributed by atoms with Gasteiger partial charge in [-0.1, -0.05) is 11.6 Å². The van der Waals surface area contributed by atoms with E-state index < -0.39 is 0 Å². The van der Waals surface area contributed by atoms with Crippen molar-refractivity contribution in [2.24, 2.45) is 0 Å². The van der Waals surface area contributed by atoms with Crippen LogP contribution in [0.3, 0.4) is 0 Å². The van der Waals surface area contributed by atoms with E-state index >= 15 is 0 Å². The van der Waals surface area contributed by atoms with E-state index in [0.29, 0.717) is 10.8 Å². The lowest BCUT2D eigenvalue weighted by atomic mass is 10.1. The minimum absolute atomic E-state index is 0.237. The highest BCUT2D eigenvalue weighted by Gasteiger charge is 2.18.